The fourth-order valence-electron chi connectivity index (χ4n) is 1.82. The lowest BCUT2D eigenvalue weighted by molar-refractivity contribution is -0.137. The van der Waals surface area contributed by atoms with E-state index >= 15 is 0 Å². The first-order chi connectivity index (χ1) is 9.42. The van der Waals surface area contributed by atoms with E-state index in [4.69, 9.17) is 10.8 Å². The Hall–Kier alpha value is -1.47. The first-order valence-corrected chi connectivity index (χ1v) is 6.82. The quantitative estimate of drug-likeness (QED) is 0.385. The second kappa shape index (κ2) is 10.3. The summed E-state index contributed by atoms with van der Waals surface area (Å²) < 4.78 is 0. The van der Waals surface area contributed by atoms with Crippen LogP contribution < -0.4 is 16.4 Å². The molecule has 2 atom stereocenters. The first kappa shape index (κ1) is 18.5. The van der Waals surface area contributed by atoms with Crippen LogP contribution in [0.2, 0.25) is 0 Å². The van der Waals surface area contributed by atoms with Gasteiger partial charge in [-0.3, -0.25) is 14.4 Å². The lowest BCUT2D eigenvalue weighted by Crippen LogP contribution is -2.49. The van der Waals surface area contributed by atoms with Crippen molar-refractivity contribution in [1.82, 2.24) is 10.6 Å². The van der Waals surface area contributed by atoms with Crippen LogP contribution >= 0.6 is 0 Å². The molecular weight excluding hydrogens is 262 g/mol. The molecule has 5 N–H and O–H groups in total. The van der Waals surface area contributed by atoms with Crippen molar-refractivity contribution in [2.75, 3.05) is 13.6 Å². The maximum atomic E-state index is 12.0. The van der Waals surface area contributed by atoms with Crippen molar-refractivity contribution in [3.63, 3.8) is 0 Å². The van der Waals surface area contributed by atoms with Crippen LogP contribution in [0.5, 0.6) is 0 Å². The summed E-state index contributed by atoms with van der Waals surface area (Å²) in [7, 11) is 1.59. The average molecular weight is 287 g/mol. The van der Waals surface area contributed by atoms with Crippen LogP contribution in [0, 0.1) is 0 Å². The summed E-state index contributed by atoms with van der Waals surface area (Å²) >= 11 is 0. The molecule has 0 heterocycles. The number of nitrogens with two attached hydrogens (primary N) is 1. The Kier molecular flexibility index (Phi) is 9.57. The summed E-state index contributed by atoms with van der Waals surface area (Å²) in [4.78, 5) is 34.0. The number of carbonyl (C=O) groups is 3. The SMILES string of the molecule is CN[C@@H](CCC(=O)O)C(=O)N[C@@H](CCCCN)C(C)=O. The van der Waals surface area contributed by atoms with Crippen molar-refractivity contribution in [2.45, 2.75) is 51.1 Å². The zero-order valence-corrected chi connectivity index (χ0v) is 12.1. The Labute approximate surface area is 119 Å². The van der Waals surface area contributed by atoms with E-state index in [0.29, 0.717) is 13.0 Å². The maximum absolute atomic E-state index is 12.0. The molecule has 116 valence electrons. The highest BCUT2D eigenvalue weighted by Gasteiger charge is 2.22. The summed E-state index contributed by atoms with van der Waals surface area (Å²) in [5, 5.41) is 14.1. The summed E-state index contributed by atoms with van der Waals surface area (Å²) in [5.41, 5.74) is 5.39. The number of rotatable bonds is 11. The standard InChI is InChI=1S/C13H25N3O4/c1-9(17)10(5-3-4-8-14)16-13(20)11(15-2)6-7-12(18)19/h10-11,15H,3-8,14H2,1-2H3,(H,16,20)(H,18,19)/t10-,11-/m0/s1. The third-order valence-electron chi connectivity index (χ3n) is 3.07. The summed E-state index contributed by atoms with van der Waals surface area (Å²) in [6, 6.07) is -1.14. The number of ketones is 1. The van der Waals surface area contributed by atoms with Crippen LogP contribution in [-0.4, -0.2) is 48.4 Å². The third-order valence-corrected chi connectivity index (χ3v) is 3.07. The van der Waals surface area contributed by atoms with Crippen LogP contribution in [0.3, 0.4) is 0 Å². The third kappa shape index (κ3) is 7.85. The van der Waals surface area contributed by atoms with Gasteiger partial charge in [-0.25, -0.2) is 0 Å². The van der Waals surface area contributed by atoms with E-state index in [9.17, 15) is 14.4 Å². The van der Waals surface area contributed by atoms with E-state index in [-0.39, 0.29) is 24.5 Å². The minimum absolute atomic E-state index is 0.100. The fraction of sp³-hybridized carbons (Fsp3) is 0.769. The summed E-state index contributed by atoms with van der Waals surface area (Å²) in [6.45, 7) is 1.98. The molecule has 0 bridgehead atoms. The van der Waals surface area contributed by atoms with Gasteiger partial charge in [0.05, 0.1) is 12.1 Å². The van der Waals surface area contributed by atoms with Gasteiger partial charge in [0.1, 0.15) is 0 Å². The molecule has 20 heavy (non-hydrogen) atoms. The molecular formula is C13H25N3O4. The van der Waals surface area contributed by atoms with Crippen molar-refractivity contribution in [1.29, 1.82) is 0 Å². The number of amides is 1. The van der Waals surface area contributed by atoms with Gasteiger partial charge in [0.2, 0.25) is 5.91 Å². The number of nitrogens with one attached hydrogen (secondary N) is 2. The second-order valence-electron chi connectivity index (χ2n) is 4.73. The van der Waals surface area contributed by atoms with Crippen LogP contribution in [0.4, 0.5) is 0 Å². The molecule has 7 nitrogen and oxygen atoms in total. The van der Waals surface area contributed by atoms with Gasteiger partial charge in [-0.15, -0.1) is 0 Å². The van der Waals surface area contributed by atoms with E-state index in [2.05, 4.69) is 10.6 Å². The largest absolute Gasteiger partial charge is 0.481 e. The lowest BCUT2D eigenvalue weighted by atomic mass is 10.0. The molecule has 0 aromatic carbocycles. The van der Waals surface area contributed by atoms with E-state index in [1.165, 1.54) is 6.92 Å². The van der Waals surface area contributed by atoms with Gasteiger partial charge in [0, 0.05) is 6.42 Å². The predicted octanol–water partition coefficient (Wildman–Crippen LogP) is -0.358. The summed E-state index contributed by atoms with van der Waals surface area (Å²) in [5.74, 6) is -1.41. The van der Waals surface area contributed by atoms with Crippen LogP contribution in [0.1, 0.15) is 39.0 Å². The predicted molar refractivity (Wildman–Crippen MR) is 75.2 cm³/mol. The Morgan fingerprint density at radius 1 is 1.15 bits per heavy atom. The molecule has 1 amide bonds. The topological polar surface area (TPSA) is 122 Å². The van der Waals surface area contributed by atoms with E-state index < -0.39 is 18.1 Å². The minimum atomic E-state index is -0.955. The Morgan fingerprint density at radius 3 is 2.25 bits per heavy atom. The van der Waals surface area contributed by atoms with Crippen molar-refractivity contribution in [3.8, 4) is 0 Å². The number of hydrogen-bond acceptors (Lipinski definition) is 5. The molecule has 0 saturated heterocycles. The number of aliphatic carboxylic acids is 1. The maximum Gasteiger partial charge on any atom is 0.303 e. The highest BCUT2D eigenvalue weighted by Crippen LogP contribution is 2.04. The molecule has 7 heteroatoms. The molecule has 0 aliphatic rings. The van der Waals surface area contributed by atoms with Gasteiger partial charge in [-0.1, -0.05) is 0 Å². The molecule has 0 aliphatic heterocycles. The van der Waals surface area contributed by atoms with Crippen molar-refractivity contribution < 1.29 is 19.5 Å². The Bertz CT molecular complexity index is 334. The van der Waals surface area contributed by atoms with Crippen LogP contribution in [0.15, 0.2) is 0 Å². The molecule has 0 rings (SSSR count). The zero-order valence-electron chi connectivity index (χ0n) is 12.1. The average Bonchev–Trinajstić information content (AvgIpc) is 2.37. The van der Waals surface area contributed by atoms with Gasteiger partial charge in [-0.2, -0.15) is 0 Å². The fourth-order valence-corrected chi connectivity index (χ4v) is 1.82. The van der Waals surface area contributed by atoms with Crippen molar-refractivity contribution >= 4 is 17.7 Å². The van der Waals surface area contributed by atoms with Crippen LogP contribution in [0.25, 0.3) is 0 Å². The van der Waals surface area contributed by atoms with Gasteiger partial charge >= 0.3 is 5.97 Å². The second-order valence-corrected chi connectivity index (χ2v) is 4.73. The minimum Gasteiger partial charge on any atom is -0.481 e. The molecule has 0 unspecified atom stereocenters. The Balaban J connectivity index is 4.39. The van der Waals surface area contributed by atoms with E-state index in [0.717, 1.165) is 12.8 Å². The highest BCUT2D eigenvalue weighted by molar-refractivity contribution is 5.89. The number of unbranched alkanes of at least 4 members (excludes halogenated alkanes) is 1. The summed E-state index contributed by atoms with van der Waals surface area (Å²) in [6.07, 6.45) is 2.20. The first-order valence-electron chi connectivity index (χ1n) is 6.82. The number of Topliss-reactive ketones (excluding diaryl/α,β-unsaturated/α-hetero) is 1. The number of likely N-dealkylation sites (N-methyl/N-ethyl adjacent to an activating group) is 1. The smallest absolute Gasteiger partial charge is 0.303 e. The molecule has 0 fully saturated rings. The monoisotopic (exact) mass is 287 g/mol. The van der Waals surface area contributed by atoms with Gasteiger partial charge < -0.3 is 21.5 Å². The molecule has 0 spiro atoms. The van der Waals surface area contributed by atoms with Crippen molar-refractivity contribution in [2.24, 2.45) is 5.73 Å². The molecule has 0 aromatic rings. The number of carboxylic acids is 1. The lowest BCUT2D eigenvalue weighted by Gasteiger charge is -2.20. The van der Waals surface area contributed by atoms with Crippen LogP contribution in [-0.2, 0) is 14.4 Å². The molecule has 0 aliphatic carbocycles. The Morgan fingerprint density at radius 2 is 1.80 bits per heavy atom. The normalized spacial score (nSPS) is 13.6. The number of carboxylic acid groups (broad SMARTS) is 1. The van der Waals surface area contributed by atoms with Gasteiger partial charge in [0.15, 0.2) is 5.78 Å². The van der Waals surface area contributed by atoms with Gasteiger partial charge in [0.25, 0.3) is 0 Å². The number of hydrogen-bond donors (Lipinski definition) is 4. The number of carbonyl (C=O) groups excluding carboxylic acids is 2. The van der Waals surface area contributed by atoms with Gasteiger partial charge in [-0.05, 0) is 46.2 Å². The highest BCUT2D eigenvalue weighted by atomic mass is 16.4. The molecule has 0 aromatic heterocycles. The van der Waals surface area contributed by atoms with Crippen molar-refractivity contribution in [3.05, 3.63) is 0 Å². The zero-order chi connectivity index (χ0) is 15.5. The van der Waals surface area contributed by atoms with E-state index in [1.807, 2.05) is 0 Å². The molecule has 0 radical (unpaired) electrons. The van der Waals surface area contributed by atoms with E-state index in [1.54, 1.807) is 7.05 Å². The molecule has 0 saturated carbocycles.